The van der Waals surface area contributed by atoms with E-state index in [0.717, 1.165) is 44.0 Å². The van der Waals surface area contributed by atoms with Gasteiger partial charge in [0.05, 0.1) is 26.7 Å². The van der Waals surface area contributed by atoms with Crippen molar-refractivity contribution in [2.75, 3.05) is 33.2 Å². The van der Waals surface area contributed by atoms with Crippen LogP contribution in [0.15, 0.2) is 12.4 Å². The summed E-state index contributed by atoms with van der Waals surface area (Å²) in [5.74, 6) is 1.55. The Balaban J connectivity index is 2.01. The zero-order valence-electron chi connectivity index (χ0n) is 16.1. The van der Waals surface area contributed by atoms with E-state index in [1.54, 1.807) is 21.3 Å². The molecule has 2 N–H and O–H groups in total. The maximum absolute atomic E-state index is 10.5. The maximum Gasteiger partial charge on any atom is 0.303 e. The molecule has 0 unspecified atom stereocenters. The van der Waals surface area contributed by atoms with E-state index in [0.29, 0.717) is 28.6 Å². The number of carboxylic acids is 1. The number of anilines is 1. The van der Waals surface area contributed by atoms with Gasteiger partial charge >= 0.3 is 5.97 Å². The van der Waals surface area contributed by atoms with Crippen molar-refractivity contribution in [3.8, 4) is 17.2 Å². The maximum atomic E-state index is 10.5. The number of hydrogen-bond donors (Lipinski definition) is 2. The minimum atomic E-state index is -0.727. The number of carbonyl (C=O) groups is 1. The summed E-state index contributed by atoms with van der Waals surface area (Å²) < 4.78 is 16.3. The number of aliphatic carboxylic acids is 1. The van der Waals surface area contributed by atoms with Gasteiger partial charge in [-0.15, -0.1) is 0 Å². The third-order valence-electron chi connectivity index (χ3n) is 4.29. The summed E-state index contributed by atoms with van der Waals surface area (Å²) in [5.41, 5.74) is 0.654. The molecule has 8 nitrogen and oxygen atoms in total. The van der Waals surface area contributed by atoms with Gasteiger partial charge in [-0.1, -0.05) is 19.3 Å². The molecular weight excluding hydrogens is 350 g/mol. The summed E-state index contributed by atoms with van der Waals surface area (Å²) in [6.07, 6.45) is 6.46. The number of nitrogens with one attached hydrogen (secondary N) is 1. The van der Waals surface area contributed by atoms with Crippen LogP contribution in [0.25, 0.3) is 10.9 Å². The molecule has 1 aromatic heterocycles. The van der Waals surface area contributed by atoms with Crippen molar-refractivity contribution in [2.45, 2.75) is 38.5 Å². The normalized spacial score (nSPS) is 10.6. The molecule has 1 heterocycles. The average molecular weight is 377 g/mol. The largest absolute Gasteiger partial charge is 0.493 e. The van der Waals surface area contributed by atoms with Crippen molar-refractivity contribution >= 4 is 22.7 Å². The number of rotatable bonds is 12. The van der Waals surface area contributed by atoms with Crippen LogP contribution in [0.4, 0.5) is 5.82 Å². The lowest BCUT2D eigenvalue weighted by Gasteiger charge is -2.15. The highest BCUT2D eigenvalue weighted by molar-refractivity contribution is 5.96. The van der Waals surface area contributed by atoms with Crippen LogP contribution in [-0.2, 0) is 4.79 Å². The fourth-order valence-corrected chi connectivity index (χ4v) is 2.94. The van der Waals surface area contributed by atoms with Crippen LogP contribution in [0.2, 0.25) is 0 Å². The number of aromatic nitrogens is 2. The number of fused-ring (bicyclic) bond motifs is 1. The standard InChI is InChI=1S/C19H27N3O5/c1-25-14-11-13-16(18(27-3)17(14)26-2)21-12-22-19(13)20-10-8-6-4-5-7-9-15(23)24/h11-12H,4-10H2,1-3H3,(H,23,24)(H,20,21,22). The number of benzene rings is 1. The Morgan fingerprint density at radius 3 is 2.37 bits per heavy atom. The van der Waals surface area contributed by atoms with Gasteiger partial charge in [-0.3, -0.25) is 4.79 Å². The molecule has 8 heteroatoms. The second-order valence-corrected chi connectivity index (χ2v) is 6.10. The Hall–Kier alpha value is -2.77. The second-order valence-electron chi connectivity index (χ2n) is 6.10. The summed E-state index contributed by atoms with van der Waals surface area (Å²) in [6, 6.07) is 1.84. The fraction of sp³-hybridized carbons (Fsp3) is 0.526. The Labute approximate surface area is 158 Å². The predicted octanol–water partition coefficient (Wildman–Crippen LogP) is 3.49. The first-order valence-corrected chi connectivity index (χ1v) is 9.01. The first-order valence-electron chi connectivity index (χ1n) is 9.01. The van der Waals surface area contributed by atoms with Crippen molar-refractivity contribution in [1.82, 2.24) is 9.97 Å². The quantitative estimate of drug-likeness (QED) is 0.542. The van der Waals surface area contributed by atoms with E-state index in [1.165, 1.54) is 6.33 Å². The molecule has 2 rings (SSSR count). The van der Waals surface area contributed by atoms with Crippen LogP contribution in [0.3, 0.4) is 0 Å². The number of ether oxygens (including phenoxy) is 3. The molecule has 0 saturated carbocycles. The van der Waals surface area contributed by atoms with Crippen LogP contribution in [0.5, 0.6) is 17.2 Å². The van der Waals surface area contributed by atoms with E-state index in [4.69, 9.17) is 19.3 Å². The van der Waals surface area contributed by atoms with Gasteiger partial charge in [-0.05, 0) is 18.9 Å². The number of unbranched alkanes of at least 4 members (excludes halogenated alkanes) is 4. The SMILES string of the molecule is COc1cc2c(NCCCCCCCC(=O)O)ncnc2c(OC)c1OC. The van der Waals surface area contributed by atoms with Gasteiger partial charge in [-0.2, -0.15) is 0 Å². The van der Waals surface area contributed by atoms with Crippen LogP contribution >= 0.6 is 0 Å². The van der Waals surface area contributed by atoms with E-state index in [2.05, 4.69) is 15.3 Å². The number of methoxy groups -OCH3 is 3. The van der Waals surface area contributed by atoms with E-state index in [9.17, 15) is 4.79 Å². The van der Waals surface area contributed by atoms with Gasteiger partial charge in [0.2, 0.25) is 5.75 Å². The monoisotopic (exact) mass is 377 g/mol. The minimum Gasteiger partial charge on any atom is -0.493 e. The van der Waals surface area contributed by atoms with Crippen molar-refractivity contribution in [1.29, 1.82) is 0 Å². The zero-order chi connectivity index (χ0) is 19.6. The Bertz CT molecular complexity index is 767. The molecule has 1 aromatic carbocycles. The van der Waals surface area contributed by atoms with Crippen molar-refractivity contribution in [3.63, 3.8) is 0 Å². The van der Waals surface area contributed by atoms with Crippen LogP contribution in [0.1, 0.15) is 38.5 Å². The Morgan fingerprint density at radius 1 is 1.00 bits per heavy atom. The molecular formula is C19H27N3O5. The topological polar surface area (TPSA) is 103 Å². The van der Waals surface area contributed by atoms with Crippen molar-refractivity contribution in [3.05, 3.63) is 12.4 Å². The lowest BCUT2D eigenvalue weighted by molar-refractivity contribution is -0.137. The molecule has 0 amide bonds. The van der Waals surface area contributed by atoms with Crippen LogP contribution in [-0.4, -0.2) is 48.9 Å². The van der Waals surface area contributed by atoms with Crippen molar-refractivity contribution < 1.29 is 24.1 Å². The summed E-state index contributed by atoms with van der Waals surface area (Å²) >= 11 is 0. The van der Waals surface area contributed by atoms with Gasteiger partial charge in [0.25, 0.3) is 0 Å². The first kappa shape index (κ1) is 20.5. The molecule has 0 saturated heterocycles. The lowest BCUT2D eigenvalue weighted by Crippen LogP contribution is -2.05. The highest BCUT2D eigenvalue weighted by Gasteiger charge is 2.19. The van der Waals surface area contributed by atoms with Gasteiger partial charge in [-0.25, -0.2) is 9.97 Å². The highest BCUT2D eigenvalue weighted by atomic mass is 16.5. The molecule has 0 aliphatic carbocycles. The third-order valence-corrected chi connectivity index (χ3v) is 4.29. The average Bonchev–Trinajstić information content (AvgIpc) is 2.68. The van der Waals surface area contributed by atoms with Gasteiger partial charge in [0.1, 0.15) is 17.7 Å². The number of nitrogens with zero attached hydrogens (tertiary/aromatic N) is 2. The molecule has 0 bridgehead atoms. The van der Waals surface area contributed by atoms with E-state index < -0.39 is 5.97 Å². The molecule has 0 radical (unpaired) electrons. The number of carboxylic acid groups (broad SMARTS) is 1. The van der Waals surface area contributed by atoms with E-state index in [1.807, 2.05) is 6.07 Å². The number of hydrogen-bond acceptors (Lipinski definition) is 7. The summed E-state index contributed by atoms with van der Waals surface area (Å²) in [6.45, 7) is 0.766. The lowest BCUT2D eigenvalue weighted by atomic mass is 10.1. The molecule has 0 spiro atoms. The fourth-order valence-electron chi connectivity index (χ4n) is 2.94. The van der Waals surface area contributed by atoms with Gasteiger partial charge < -0.3 is 24.6 Å². The Morgan fingerprint density at radius 2 is 1.70 bits per heavy atom. The van der Waals surface area contributed by atoms with Crippen LogP contribution < -0.4 is 19.5 Å². The minimum absolute atomic E-state index is 0.248. The molecule has 0 atom stereocenters. The first-order chi connectivity index (χ1) is 13.1. The van der Waals surface area contributed by atoms with E-state index in [-0.39, 0.29) is 6.42 Å². The van der Waals surface area contributed by atoms with Crippen molar-refractivity contribution in [2.24, 2.45) is 0 Å². The van der Waals surface area contributed by atoms with Crippen LogP contribution in [0, 0.1) is 0 Å². The molecule has 2 aromatic rings. The summed E-state index contributed by atoms with van der Waals surface area (Å²) in [7, 11) is 4.70. The van der Waals surface area contributed by atoms with E-state index >= 15 is 0 Å². The summed E-state index contributed by atoms with van der Waals surface area (Å²) in [5, 5.41) is 12.8. The van der Waals surface area contributed by atoms with Gasteiger partial charge in [0, 0.05) is 13.0 Å². The molecule has 0 aliphatic heterocycles. The Kier molecular flexibility index (Phi) is 7.91. The molecule has 0 fully saturated rings. The second kappa shape index (κ2) is 10.4. The predicted molar refractivity (Wildman–Crippen MR) is 103 cm³/mol. The smallest absolute Gasteiger partial charge is 0.303 e. The molecule has 148 valence electrons. The zero-order valence-corrected chi connectivity index (χ0v) is 16.1. The highest BCUT2D eigenvalue weighted by Crippen LogP contribution is 2.43. The third kappa shape index (κ3) is 5.35. The van der Waals surface area contributed by atoms with Gasteiger partial charge in [0.15, 0.2) is 11.5 Å². The molecule has 0 aliphatic rings. The summed E-state index contributed by atoms with van der Waals surface area (Å²) in [4.78, 5) is 19.2. The molecule has 27 heavy (non-hydrogen) atoms.